The third-order valence-electron chi connectivity index (χ3n) is 4.58. The number of nitrogens with one attached hydrogen (secondary N) is 1. The maximum absolute atomic E-state index is 12.4. The minimum absolute atomic E-state index is 0.238. The average Bonchev–Trinajstić information content (AvgIpc) is 3.08. The lowest BCUT2D eigenvalue weighted by molar-refractivity contribution is -0.132. The molecule has 3 heteroatoms. The predicted octanol–water partition coefficient (Wildman–Crippen LogP) is 2.20. The van der Waals surface area contributed by atoms with Crippen LogP contribution in [0.25, 0.3) is 0 Å². The van der Waals surface area contributed by atoms with E-state index in [4.69, 9.17) is 5.73 Å². The van der Waals surface area contributed by atoms with E-state index in [0.717, 1.165) is 31.6 Å². The van der Waals surface area contributed by atoms with Gasteiger partial charge in [0.15, 0.2) is 0 Å². The Morgan fingerprint density at radius 2 is 2.06 bits per heavy atom. The summed E-state index contributed by atoms with van der Waals surface area (Å²) in [5.41, 5.74) is 5.63. The molecule has 2 fully saturated rings. The highest BCUT2D eigenvalue weighted by atomic mass is 16.2. The first kappa shape index (κ1) is 12.9. The van der Waals surface area contributed by atoms with E-state index in [1.807, 2.05) is 0 Å². The Morgan fingerprint density at radius 1 is 1.35 bits per heavy atom. The summed E-state index contributed by atoms with van der Waals surface area (Å²) in [6.45, 7) is 2.73. The van der Waals surface area contributed by atoms with Crippen molar-refractivity contribution in [1.29, 1.82) is 0 Å². The van der Waals surface area contributed by atoms with Crippen LogP contribution in [0.2, 0.25) is 0 Å². The van der Waals surface area contributed by atoms with E-state index in [9.17, 15) is 4.79 Å². The largest absolute Gasteiger partial charge is 0.353 e. The Balaban J connectivity index is 1.85. The lowest BCUT2D eigenvalue weighted by Crippen LogP contribution is -2.48. The molecule has 98 valence electrons. The number of carbonyl (C=O) groups excluding carboxylic acids is 1. The van der Waals surface area contributed by atoms with Gasteiger partial charge in [-0.15, -0.1) is 0 Å². The summed E-state index contributed by atoms with van der Waals surface area (Å²) < 4.78 is 0. The Morgan fingerprint density at radius 3 is 2.65 bits per heavy atom. The number of amides is 1. The highest BCUT2D eigenvalue weighted by Gasteiger charge is 2.43. The van der Waals surface area contributed by atoms with E-state index < -0.39 is 0 Å². The fraction of sp³-hybridized carbons (Fsp3) is 0.929. The van der Waals surface area contributed by atoms with Crippen LogP contribution >= 0.6 is 0 Å². The average molecular weight is 238 g/mol. The first-order valence-electron chi connectivity index (χ1n) is 7.23. The Bertz CT molecular complexity index is 271. The number of hydrogen-bond donors (Lipinski definition) is 2. The van der Waals surface area contributed by atoms with Gasteiger partial charge in [-0.2, -0.15) is 0 Å². The van der Waals surface area contributed by atoms with Crippen molar-refractivity contribution in [1.82, 2.24) is 5.32 Å². The molecule has 0 bridgehead atoms. The summed E-state index contributed by atoms with van der Waals surface area (Å²) >= 11 is 0. The van der Waals surface area contributed by atoms with E-state index in [0.29, 0.717) is 12.6 Å². The molecule has 0 spiro atoms. The van der Waals surface area contributed by atoms with Crippen molar-refractivity contribution in [3.63, 3.8) is 0 Å². The van der Waals surface area contributed by atoms with Gasteiger partial charge in [0.05, 0.1) is 5.41 Å². The van der Waals surface area contributed by atoms with Crippen LogP contribution in [0.5, 0.6) is 0 Å². The van der Waals surface area contributed by atoms with Gasteiger partial charge in [0.2, 0.25) is 5.91 Å². The smallest absolute Gasteiger partial charge is 0.227 e. The van der Waals surface area contributed by atoms with E-state index in [-0.39, 0.29) is 11.3 Å². The molecular weight excluding hydrogens is 212 g/mol. The van der Waals surface area contributed by atoms with Gasteiger partial charge in [-0.1, -0.05) is 32.6 Å². The van der Waals surface area contributed by atoms with Gasteiger partial charge in [0, 0.05) is 12.6 Å². The van der Waals surface area contributed by atoms with Crippen molar-refractivity contribution >= 4 is 5.91 Å². The molecule has 3 nitrogen and oxygen atoms in total. The minimum atomic E-state index is -0.238. The molecule has 2 saturated carbocycles. The summed E-state index contributed by atoms with van der Waals surface area (Å²) in [7, 11) is 0. The zero-order valence-corrected chi connectivity index (χ0v) is 11.0. The quantitative estimate of drug-likeness (QED) is 0.771. The third-order valence-corrected chi connectivity index (χ3v) is 4.58. The predicted molar refractivity (Wildman–Crippen MR) is 69.5 cm³/mol. The van der Waals surface area contributed by atoms with Crippen LogP contribution in [0.3, 0.4) is 0 Å². The molecule has 2 unspecified atom stereocenters. The van der Waals surface area contributed by atoms with Gasteiger partial charge in [0.1, 0.15) is 0 Å². The van der Waals surface area contributed by atoms with Crippen LogP contribution in [0, 0.1) is 11.3 Å². The molecule has 2 aliphatic rings. The van der Waals surface area contributed by atoms with Gasteiger partial charge in [-0.05, 0) is 31.6 Å². The second-order valence-corrected chi connectivity index (χ2v) is 5.91. The van der Waals surface area contributed by atoms with Crippen LogP contribution in [0.15, 0.2) is 0 Å². The van der Waals surface area contributed by atoms with Crippen molar-refractivity contribution in [3.8, 4) is 0 Å². The van der Waals surface area contributed by atoms with E-state index in [1.165, 1.54) is 25.7 Å². The van der Waals surface area contributed by atoms with Crippen molar-refractivity contribution in [3.05, 3.63) is 0 Å². The highest BCUT2D eigenvalue weighted by Crippen LogP contribution is 2.39. The normalized spacial score (nSPS) is 30.9. The molecule has 0 aromatic heterocycles. The molecule has 0 aromatic rings. The summed E-state index contributed by atoms with van der Waals surface area (Å²) in [6.07, 6.45) is 9.21. The summed E-state index contributed by atoms with van der Waals surface area (Å²) in [6, 6.07) is 0.452. The minimum Gasteiger partial charge on any atom is -0.353 e. The van der Waals surface area contributed by atoms with E-state index >= 15 is 0 Å². The zero-order chi connectivity index (χ0) is 12.3. The van der Waals surface area contributed by atoms with Crippen LogP contribution in [0.1, 0.15) is 58.3 Å². The van der Waals surface area contributed by atoms with Crippen molar-refractivity contribution < 1.29 is 4.79 Å². The highest BCUT2D eigenvalue weighted by molar-refractivity contribution is 5.83. The number of carbonyl (C=O) groups is 1. The molecular formula is C14H26N2O. The first-order chi connectivity index (χ1) is 8.22. The van der Waals surface area contributed by atoms with Gasteiger partial charge >= 0.3 is 0 Å². The molecule has 0 saturated heterocycles. The molecule has 0 aliphatic heterocycles. The van der Waals surface area contributed by atoms with Crippen LogP contribution in [0.4, 0.5) is 0 Å². The second kappa shape index (κ2) is 5.38. The third kappa shape index (κ3) is 2.82. The molecule has 2 aliphatic carbocycles. The fourth-order valence-corrected chi connectivity index (χ4v) is 3.19. The van der Waals surface area contributed by atoms with Crippen molar-refractivity contribution in [2.45, 2.75) is 64.3 Å². The van der Waals surface area contributed by atoms with Crippen LogP contribution < -0.4 is 11.1 Å². The van der Waals surface area contributed by atoms with Crippen LogP contribution in [-0.4, -0.2) is 18.5 Å². The lowest BCUT2D eigenvalue weighted by atomic mass is 9.73. The molecule has 2 atom stereocenters. The van der Waals surface area contributed by atoms with Crippen LogP contribution in [-0.2, 0) is 4.79 Å². The van der Waals surface area contributed by atoms with Gasteiger partial charge < -0.3 is 11.1 Å². The summed E-state index contributed by atoms with van der Waals surface area (Å²) in [5, 5.41) is 3.23. The lowest BCUT2D eigenvalue weighted by Gasteiger charge is -2.34. The summed E-state index contributed by atoms with van der Waals surface area (Å²) in [4.78, 5) is 12.4. The maximum Gasteiger partial charge on any atom is 0.227 e. The Labute approximate surface area is 105 Å². The molecule has 2 rings (SSSR count). The SMILES string of the molecule is CCCC1CC1NC(=O)C1(CN)CCCCC1. The van der Waals surface area contributed by atoms with Gasteiger partial charge in [0.25, 0.3) is 0 Å². The second-order valence-electron chi connectivity index (χ2n) is 5.91. The van der Waals surface area contributed by atoms with Crippen molar-refractivity contribution in [2.24, 2.45) is 17.1 Å². The van der Waals surface area contributed by atoms with E-state index in [1.54, 1.807) is 0 Å². The first-order valence-corrected chi connectivity index (χ1v) is 7.23. The number of hydrogen-bond acceptors (Lipinski definition) is 2. The number of rotatable bonds is 5. The number of nitrogens with two attached hydrogens (primary N) is 1. The molecule has 0 aromatic carbocycles. The monoisotopic (exact) mass is 238 g/mol. The molecule has 1 amide bonds. The molecule has 17 heavy (non-hydrogen) atoms. The Hall–Kier alpha value is -0.570. The van der Waals surface area contributed by atoms with Gasteiger partial charge in [-0.3, -0.25) is 4.79 Å². The molecule has 0 radical (unpaired) electrons. The molecule has 0 heterocycles. The van der Waals surface area contributed by atoms with Gasteiger partial charge in [-0.25, -0.2) is 0 Å². The fourth-order valence-electron chi connectivity index (χ4n) is 3.19. The maximum atomic E-state index is 12.4. The van der Waals surface area contributed by atoms with E-state index in [2.05, 4.69) is 12.2 Å². The summed E-state index contributed by atoms with van der Waals surface area (Å²) in [5.74, 6) is 0.977. The Kier molecular flexibility index (Phi) is 4.08. The topological polar surface area (TPSA) is 55.1 Å². The van der Waals surface area contributed by atoms with Crippen molar-refractivity contribution in [2.75, 3.05) is 6.54 Å². The zero-order valence-electron chi connectivity index (χ0n) is 11.0. The standard InChI is InChI=1S/C14H26N2O/c1-2-6-11-9-12(11)16-13(17)14(10-15)7-4-3-5-8-14/h11-12H,2-10,15H2,1H3,(H,16,17). The molecule has 3 N–H and O–H groups in total.